The van der Waals surface area contributed by atoms with Crippen LogP contribution in [0.2, 0.25) is 0 Å². The Morgan fingerprint density at radius 3 is 2.41 bits per heavy atom. The van der Waals surface area contributed by atoms with Crippen LogP contribution in [0.3, 0.4) is 0 Å². The minimum absolute atomic E-state index is 0.165. The van der Waals surface area contributed by atoms with Crippen molar-refractivity contribution in [3.05, 3.63) is 0 Å². The molecule has 2 fully saturated rings. The van der Waals surface area contributed by atoms with Gasteiger partial charge in [-0.1, -0.05) is 0 Å². The van der Waals surface area contributed by atoms with Crippen LogP contribution >= 0.6 is 0 Å². The molecule has 5 heteroatoms. The number of rotatable bonds is 4. The topological polar surface area (TPSA) is 59.0 Å². The van der Waals surface area contributed by atoms with E-state index in [-0.39, 0.29) is 12.5 Å². The summed E-state index contributed by atoms with van der Waals surface area (Å²) in [4.78, 5) is 13.7. The van der Waals surface area contributed by atoms with Crippen molar-refractivity contribution in [2.75, 3.05) is 32.9 Å². The number of hydrogen-bond donors (Lipinski definition) is 1. The molecule has 0 unspecified atom stereocenters. The number of likely N-dealkylation sites (tertiary alicyclic amines) is 1. The number of aliphatic hydroxyl groups is 1. The minimum Gasteiger partial charge on any atom is -0.396 e. The van der Waals surface area contributed by atoms with Gasteiger partial charge in [0.05, 0.1) is 13.2 Å². The zero-order valence-electron chi connectivity index (χ0n) is 10.2. The van der Waals surface area contributed by atoms with E-state index in [0.29, 0.717) is 26.1 Å². The van der Waals surface area contributed by atoms with E-state index < -0.39 is 5.79 Å². The number of hydrogen-bond acceptors (Lipinski definition) is 4. The van der Waals surface area contributed by atoms with Gasteiger partial charge in [0.25, 0.3) is 0 Å². The van der Waals surface area contributed by atoms with Crippen LogP contribution < -0.4 is 0 Å². The van der Waals surface area contributed by atoms with Crippen molar-refractivity contribution in [3.8, 4) is 0 Å². The molecule has 0 aliphatic carbocycles. The lowest BCUT2D eigenvalue weighted by atomic mass is 10.0. The molecule has 17 heavy (non-hydrogen) atoms. The molecule has 0 aromatic rings. The summed E-state index contributed by atoms with van der Waals surface area (Å²) in [6, 6.07) is 0. The number of unbranched alkanes of at least 4 members (excludes halogenated alkanes) is 1. The lowest BCUT2D eigenvalue weighted by Crippen LogP contribution is -2.47. The largest absolute Gasteiger partial charge is 0.396 e. The van der Waals surface area contributed by atoms with Gasteiger partial charge in [0.2, 0.25) is 5.91 Å². The SMILES string of the molecule is O=C(CCCCO)N1CCC2(CC1)OCCO2. The maximum Gasteiger partial charge on any atom is 0.222 e. The first kappa shape index (κ1) is 12.8. The molecular weight excluding hydrogens is 222 g/mol. The first-order chi connectivity index (χ1) is 8.26. The quantitative estimate of drug-likeness (QED) is 0.731. The lowest BCUT2D eigenvalue weighted by Gasteiger charge is -2.37. The lowest BCUT2D eigenvalue weighted by molar-refractivity contribution is -0.187. The Morgan fingerprint density at radius 2 is 1.82 bits per heavy atom. The molecule has 0 atom stereocenters. The van der Waals surface area contributed by atoms with Crippen LogP contribution in [0.25, 0.3) is 0 Å². The molecule has 2 aliphatic rings. The molecule has 0 saturated carbocycles. The number of carbonyl (C=O) groups is 1. The summed E-state index contributed by atoms with van der Waals surface area (Å²) in [5.41, 5.74) is 0. The van der Waals surface area contributed by atoms with Crippen LogP contribution in [-0.4, -0.2) is 54.6 Å². The Balaban J connectivity index is 1.72. The molecule has 0 radical (unpaired) electrons. The summed E-state index contributed by atoms with van der Waals surface area (Å²) in [5.74, 6) is -0.215. The smallest absolute Gasteiger partial charge is 0.222 e. The number of ether oxygens (including phenoxy) is 2. The minimum atomic E-state index is -0.401. The second kappa shape index (κ2) is 5.80. The van der Waals surface area contributed by atoms with E-state index in [2.05, 4.69) is 0 Å². The third-order valence-electron chi connectivity index (χ3n) is 3.49. The third-order valence-corrected chi connectivity index (χ3v) is 3.49. The van der Waals surface area contributed by atoms with E-state index in [1.54, 1.807) is 0 Å². The molecule has 2 rings (SSSR count). The Hall–Kier alpha value is -0.650. The molecular formula is C12H21NO4. The molecule has 1 N–H and O–H groups in total. The molecule has 0 bridgehead atoms. The van der Waals surface area contributed by atoms with Gasteiger partial charge in [0, 0.05) is 39.0 Å². The highest BCUT2D eigenvalue weighted by Crippen LogP contribution is 2.31. The van der Waals surface area contributed by atoms with E-state index in [0.717, 1.165) is 32.4 Å². The van der Waals surface area contributed by atoms with Crippen LogP contribution in [0.15, 0.2) is 0 Å². The molecule has 2 saturated heterocycles. The fourth-order valence-corrected chi connectivity index (χ4v) is 2.43. The second-order valence-corrected chi connectivity index (χ2v) is 4.67. The van der Waals surface area contributed by atoms with E-state index in [1.165, 1.54) is 0 Å². The molecule has 1 spiro atoms. The van der Waals surface area contributed by atoms with Crippen molar-refractivity contribution >= 4 is 5.91 Å². The Morgan fingerprint density at radius 1 is 1.18 bits per heavy atom. The van der Waals surface area contributed by atoms with Crippen LogP contribution in [0.1, 0.15) is 32.1 Å². The van der Waals surface area contributed by atoms with Gasteiger partial charge in [-0.25, -0.2) is 0 Å². The van der Waals surface area contributed by atoms with Gasteiger partial charge >= 0.3 is 0 Å². The first-order valence-corrected chi connectivity index (χ1v) is 6.42. The monoisotopic (exact) mass is 243 g/mol. The number of amides is 1. The van der Waals surface area contributed by atoms with Crippen LogP contribution in [0.4, 0.5) is 0 Å². The standard InChI is InChI=1S/C12H21NO4/c14-8-2-1-3-11(15)13-6-4-12(5-7-13)16-9-10-17-12/h14H,1-10H2. The third kappa shape index (κ3) is 3.18. The van der Waals surface area contributed by atoms with Gasteiger partial charge in [0.15, 0.2) is 5.79 Å². The summed E-state index contributed by atoms with van der Waals surface area (Å²) in [6.45, 7) is 2.95. The van der Waals surface area contributed by atoms with Crippen molar-refractivity contribution in [2.24, 2.45) is 0 Å². The van der Waals surface area contributed by atoms with Gasteiger partial charge in [-0.3, -0.25) is 4.79 Å². The fourth-order valence-electron chi connectivity index (χ4n) is 2.43. The molecule has 0 aromatic heterocycles. The predicted octanol–water partition coefficient (Wildman–Crippen LogP) is 0.515. The van der Waals surface area contributed by atoms with Gasteiger partial charge < -0.3 is 19.5 Å². The zero-order chi connectivity index (χ0) is 12.1. The van der Waals surface area contributed by atoms with Gasteiger partial charge in [-0.2, -0.15) is 0 Å². The number of nitrogens with zero attached hydrogens (tertiary/aromatic N) is 1. The highest BCUT2D eigenvalue weighted by Gasteiger charge is 2.40. The highest BCUT2D eigenvalue weighted by atomic mass is 16.7. The van der Waals surface area contributed by atoms with E-state index in [9.17, 15) is 4.79 Å². The maximum absolute atomic E-state index is 11.8. The number of piperidine rings is 1. The van der Waals surface area contributed by atoms with Crippen molar-refractivity contribution in [2.45, 2.75) is 37.9 Å². The summed E-state index contributed by atoms with van der Waals surface area (Å²) in [5, 5.41) is 8.67. The molecule has 98 valence electrons. The van der Waals surface area contributed by atoms with Crippen molar-refractivity contribution in [3.63, 3.8) is 0 Å². The van der Waals surface area contributed by atoms with Crippen LogP contribution in [0.5, 0.6) is 0 Å². The van der Waals surface area contributed by atoms with E-state index >= 15 is 0 Å². The molecule has 1 amide bonds. The first-order valence-electron chi connectivity index (χ1n) is 6.42. The number of carbonyl (C=O) groups excluding carboxylic acids is 1. The van der Waals surface area contributed by atoms with Crippen LogP contribution in [0, 0.1) is 0 Å². The number of aliphatic hydroxyl groups excluding tert-OH is 1. The van der Waals surface area contributed by atoms with Gasteiger partial charge in [-0.15, -0.1) is 0 Å². The maximum atomic E-state index is 11.8. The molecule has 5 nitrogen and oxygen atoms in total. The summed E-state index contributed by atoms with van der Waals surface area (Å²) in [6.07, 6.45) is 3.56. The molecule has 2 aliphatic heterocycles. The average molecular weight is 243 g/mol. The average Bonchev–Trinajstić information content (AvgIpc) is 2.79. The fraction of sp³-hybridized carbons (Fsp3) is 0.917. The van der Waals surface area contributed by atoms with E-state index in [1.807, 2.05) is 4.90 Å². The van der Waals surface area contributed by atoms with E-state index in [4.69, 9.17) is 14.6 Å². The normalized spacial score (nSPS) is 23.2. The summed E-state index contributed by atoms with van der Waals surface area (Å²) < 4.78 is 11.2. The van der Waals surface area contributed by atoms with Crippen LogP contribution in [-0.2, 0) is 14.3 Å². The highest BCUT2D eigenvalue weighted by molar-refractivity contribution is 5.76. The van der Waals surface area contributed by atoms with Crippen molar-refractivity contribution in [1.29, 1.82) is 0 Å². The summed E-state index contributed by atoms with van der Waals surface area (Å²) in [7, 11) is 0. The Kier molecular flexibility index (Phi) is 4.36. The molecule has 0 aromatic carbocycles. The van der Waals surface area contributed by atoms with Gasteiger partial charge in [0.1, 0.15) is 0 Å². The second-order valence-electron chi connectivity index (χ2n) is 4.67. The predicted molar refractivity (Wildman–Crippen MR) is 61.4 cm³/mol. The Bertz CT molecular complexity index is 253. The summed E-state index contributed by atoms with van der Waals surface area (Å²) >= 11 is 0. The van der Waals surface area contributed by atoms with Gasteiger partial charge in [-0.05, 0) is 12.8 Å². The molecule has 2 heterocycles. The zero-order valence-corrected chi connectivity index (χ0v) is 10.2. The Labute approximate surface area is 102 Å². The van der Waals surface area contributed by atoms with Crippen molar-refractivity contribution < 1.29 is 19.4 Å². The van der Waals surface area contributed by atoms with Crippen molar-refractivity contribution in [1.82, 2.24) is 4.90 Å².